The molecule has 2 aromatic heterocycles. The van der Waals surface area contributed by atoms with E-state index in [0.29, 0.717) is 17.7 Å². The van der Waals surface area contributed by atoms with E-state index >= 15 is 0 Å². The van der Waals surface area contributed by atoms with Crippen LogP contribution < -0.4 is 5.32 Å². The van der Waals surface area contributed by atoms with Crippen LogP contribution >= 0.6 is 11.8 Å². The van der Waals surface area contributed by atoms with Gasteiger partial charge in [-0.2, -0.15) is 0 Å². The lowest BCUT2D eigenvalue weighted by Crippen LogP contribution is -2.25. The predicted molar refractivity (Wildman–Crippen MR) is 70.8 cm³/mol. The van der Waals surface area contributed by atoms with Gasteiger partial charge >= 0.3 is 0 Å². The van der Waals surface area contributed by atoms with Gasteiger partial charge in [0.1, 0.15) is 5.76 Å². The van der Waals surface area contributed by atoms with E-state index in [0.717, 1.165) is 17.7 Å². The molecule has 6 nitrogen and oxygen atoms in total. The first-order valence-electron chi connectivity index (χ1n) is 5.98. The fraction of sp³-hybridized carbons (Fsp3) is 0.417. The number of hydrogen-bond acceptors (Lipinski definition) is 6. The minimum atomic E-state index is -0.0360. The average Bonchev–Trinajstić information content (AvgIpc) is 3.02. The SMILES string of the molecule is CCCNC(=O)CSc1nnc(-c2ccoc2C)o1. The van der Waals surface area contributed by atoms with Crippen molar-refractivity contribution in [1.29, 1.82) is 0 Å². The smallest absolute Gasteiger partial charge is 0.277 e. The van der Waals surface area contributed by atoms with Gasteiger partial charge in [0.05, 0.1) is 17.6 Å². The van der Waals surface area contributed by atoms with E-state index in [2.05, 4.69) is 15.5 Å². The van der Waals surface area contributed by atoms with Crippen LogP contribution in [0.1, 0.15) is 19.1 Å². The molecule has 0 aliphatic heterocycles. The molecule has 102 valence electrons. The molecule has 19 heavy (non-hydrogen) atoms. The van der Waals surface area contributed by atoms with Gasteiger partial charge in [0.15, 0.2) is 0 Å². The third kappa shape index (κ3) is 3.60. The number of nitrogens with one attached hydrogen (secondary N) is 1. The predicted octanol–water partition coefficient (Wildman–Crippen LogP) is 2.26. The number of furan rings is 1. The lowest BCUT2D eigenvalue weighted by Gasteiger charge is -2.00. The molecule has 0 fully saturated rings. The van der Waals surface area contributed by atoms with Crippen molar-refractivity contribution in [2.75, 3.05) is 12.3 Å². The molecular formula is C12H15N3O3S. The minimum absolute atomic E-state index is 0.0360. The highest BCUT2D eigenvalue weighted by Gasteiger charge is 2.14. The van der Waals surface area contributed by atoms with Crippen molar-refractivity contribution in [2.24, 2.45) is 0 Å². The Bertz CT molecular complexity index is 550. The number of hydrogen-bond donors (Lipinski definition) is 1. The molecule has 0 spiro atoms. The third-order valence-corrected chi connectivity index (χ3v) is 3.21. The molecule has 0 aliphatic carbocycles. The lowest BCUT2D eigenvalue weighted by molar-refractivity contribution is -0.118. The van der Waals surface area contributed by atoms with Crippen LogP contribution in [0.15, 0.2) is 26.4 Å². The van der Waals surface area contributed by atoms with Gasteiger partial charge in [-0.3, -0.25) is 4.79 Å². The van der Waals surface area contributed by atoms with E-state index in [1.54, 1.807) is 12.3 Å². The van der Waals surface area contributed by atoms with Crippen molar-refractivity contribution < 1.29 is 13.6 Å². The molecule has 0 atom stereocenters. The number of carbonyl (C=O) groups is 1. The molecule has 0 aliphatic rings. The quantitative estimate of drug-likeness (QED) is 0.818. The highest BCUT2D eigenvalue weighted by molar-refractivity contribution is 7.99. The number of rotatable bonds is 6. The van der Waals surface area contributed by atoms with Crippen LogP contribution in [0.5, 0.6) is 0 Å². The summed E-state index contributed by atoms with van der Waals surface area (Å²) in [5, 5.41) is 11.0. The first-order chi connectivity index (χ1) is 9.20. The van der Waals surface area contributed by atoms with Gasteiger partial charge in [-0.05, 0) is 19.4 Å². The van der Waals surface area contributed by atoms with Gasteiger partial charge in [0.2, 0.25) is 5.91 Å². The summed E-state index contributed by atoms with van der Waals surface area (Å²) in [6, 6.07) is 1.77. The average molecular weight is 281 g/mol. The summed E-state index contributed by atoms with van der Waals surface area (Å²) >= 11 is 1.22. The van der Waals surface area contributed by atoms with E-state index in [4.69, 9.17) is 8.83 Å². The Morgan fingerprint density at radius 3 is 3.00 bits per heavy atom. The first kappa shape index (κ1) is 13.7. The zero-order valence-electron chi connectivity index (χ0n) is 10.8. The molecule has 7 heteroatoms. The van der Waals surface area contributed by atoms with Crippen molar-refractivity contribution in [2.45, 2.75) is 25.5 Å². The Kier molecular flexibility index (Phi) is 4.62. The van der Waals surface area contributed by atoms with E-state index < -0.39 is 0 Å². The maximum atomic E-state index is 11.4. The van der Waals surface area contributed by atoms with Crippen LogP contribution in [0, 0.1) is 6.92 Å². The maximum absolute atomic E-state index is 11.4. The van der Waals surface area contributed by atoms with Crippen molar-refractivity contribution >= 4 is 17.7 Å². The molecule has 2 heterocycles. The fourth-order valence-electron chi connectivity index (χ4n) is 1.43. The first-order valence-corrected chi connectivity index (χ1v) is 6.96. The van der Waals surface area contributed by atoms with Crippen LogP contribution in [0.2, 0.25) is 0 Å². The second-order valence-corrected chi connectivity index (χ2v) is 4.83. The van der Waals surface area contributed by atoms with Gasteiger partial charge < -0.3 is 14.2 Å². The zero-order valence-corrected chi connectivity index (χ0v) is 11.6. The van der Waals surface area contributed by atoms with Crippen LogP contribution in [0.4, 0.5) is 0 Å². The fourth-order valence-corrected chi connectivity index (χ4v) is 2.02. The molecule has 1 N–H and O–H groups in total. The van der Waals surface area contributed by atoms with Gasteiger partial charge in [-0.1, -0.05) is 18.7 Å². The molecule has 0 saturated heterocycles. The monoisotopic (exact) mass is 281 g/mol. The van der Waals surface area contributed by atoms with Gasteiger partial charge in [0, 0.05) is 6.54 Å². The van der Waals surface area contributed by atoms with Crippen LogP contribution in [-0.2, 0) is 4.79 Å². The number of nitrogens with zero attached hydrogens (tertiary/aromatic N) is 2. The van der Waals surface area contributed by atoms with E-state index in [9.17, 15) is 4.79 Å². The van der Waals surface area contributed by atoms with Crippen LogP contribution in [0.3, 0.4) is 0 Å². The van der Waals surface area contributed by atoms with Crippen LogP contribution in [-0.4, -0.2) is 28.4 Å². The van der Waals surface area contributed by atoms with E-state index in [1.807, 2.05) is 13.8 Å². The Hall–Kier alpha value is -1.76. The molecule has 2 aromatic rings. The molecule has 0 radical (unpaired) electrons. The second kappa shape index (κ2) is 6.42. The molecule has 0 bridgehead atoms. The number of aryl methyl sites for hydroxylation is 1. The highest BCUT2D eigenvalue weighted by atomic mass is 32.2. The summed E-state index contributed by atoms with van der Waals surface area (Å²) in [5.41, 5.74) is 0.773. The molecule has 0 aromatic carbocycles. The summed E-state index contributed by atoms with van der Waals surface area (Å²) < 4.78 is 10.6. The molecule has 2 rings (SSSR count). The van der Waals surface area contributed by atoms with Crippen LogP contribution in [0.25, 0.3) is 11.5 Å². The molecule has 0 saturated carbocycles. The minimum Gasteiger partial charge on any atom is -0.469 e. The van der Waals surface area contributed by atoms with Crippen molar-refractivity contribution in [3.05, 3.63) is 18.1 Å². The summed E-state index contributed by atoms with van der Waals surface area (Å²) in [6.07, 6.45) is 2.49. The maximum Gasteiger partial charge on any atom is 0.277 e. The number of amides is 1. The number of thioether (sulfide) groups is 1. The third-order valence-electron chi connectivity index (χ3n) is 2.39. The topological polar surface area (TPSA) is 81.2 Å². The summed E-state index contributed by atoms with van der Waals surface area (Å²) in [7, 11) is 0. The Morgan fingerprint density at radius 1 is 1.47 bits per heavy atom. The highest BCUT2D eigenvalue weighted by Crippen LogP contribution is 2.25. The lowest BCUT2D eigenvalue weighted by atomic mass is 10.3. The Morgan fingerprint density at radius 2 is 2.32 bits per heavy atom. The second-order valence-electron chi connectivity index (χ2n) is 3.90. The number of aromatic nitrogens is 2. The largest absolute Gasteiger partial charge is 0.469 e. The van der Waals surface area contributed by atoms with E-state index in [1.165, 1.54) is 11.8 Å². The molecule has 0 unspecified atom stereocenters. The normalized spacial score (nSPS) is 10.6. The van der Waals surface area contributed by atoms with Crippen molar-refractivity contribution in [1.82, 2.24) is 15.5 Å². The van der Waals surface area contributed by atoms with Crippen molar-refractivity contribution in [3.63, 3.8) is 0 Å². The van der Waals surface area contributed by atoms with Gasteiger partial charge in [0.25, 0.3) is 11.1 Å². The summed E-state index contributed by atoms with van der Waals surface area (Å²) in [6.45, 7) is 4.51. The van der Waals surface area contributed by atoms with Gasteiger partial charge in [-0.15, -0.1) is 10.2 Å². The summed E-state index contributed by atoms with van der Waals surface area (Å²) in [5.74, 6) is 1.36. The summed E-state index contributed by atoms with van der Waals surface area (Å²) in [4.78, 5) is 11.4. The van der Waals surface area contributed by atoms with Gasteiger partial charge in [-0.25, -0.2) is 0 Å². The molecule has 1 amide bonds. The zero-order chi connectivity index (χ0) is 13.7. The van der Waals surface area contributed by atoms with E-state index in [-0.39, 0.29) is 11.7 Å². The Balaban J connectivity index is 1.91. The number of carbonyl (C=O) groups excluding carboxylic acids is 1. The Labute approximate surface area is 115 Å². The molecular weight excluding hydrogens is 266 g/mol. The standard InChI is InChI=1S/C12H15N3O3S/c1-3-5-13-10(16)7-19-12-15-14-11(18-12)9-4-6-17-8(9)2/h4,6H,3,5,7H2,1-2H3,(H,13,16). The van der Waals surface area contributed by atoms with Crippen molar-refractivity contribution in [3.8, 4) is 11.5 Å².